The number of carbonyl (C=O) groups excluding carboxylic acids is 1. The highest BCUT2D eigenvalue weighted by atomic mass is 79.9. The van der Waals surface area contributed by atoms with Crippen molar-refractivity contribution in [2.24, 2.45) is 0 Å². The van der Waals surface area contributed by atoms with Crippen LogP contribution in [0.3, 0.4) is 0 Å². The lowest BCUT2D eigenvalue weighted by Crippen LogP contribution is -2.12. The minimum absolute atomic E-state index is 0.246. The number of methoxy groups -OCH3 is 1. The molecule has 0 heterocycles. The van der Waals surface area contributed by atoms with Crippen molar-refractivity contribution in [2.45, 2.75) is 0 Å². The van der Waals surface area contributed by atoms with Crippen molar-refractivity contribution in [3.8, 4) is 5.75 Å². The quantitative estimate of drug-likeness (QED) is 0.931. The number of hydrogen-bond donors (Lipinski definition) is 1. The van der Waals surface area contributed by atoms with Gasteiger partial charge in [0.05, 0.1) is 12.7 Å². The van der Waals surface area contributed by atoms with Gasteiger partial charge in [-0.25, -0.2) is 4.39 Å². The maximum atomic E-state index is 13.1. The van der Waals surface area contributed by atoms with Gasteiger partial charge in [0.25, 0.3) is 5.91 Å². The zero-order valence-electron chi connectivity index (χ0n) is 10.1. The van der Waals surface area contributed by atoms with Crippen LogP contribution in [0.25, 0.3) is 0 Å². The zero-order valence-corrected chi connectivity index (χ0v) is 11.7. The Hall–Kier alpha value is -1.88. The summed E-state index contributed by atoms with van der Waals surface area (Å²) in [6, 6.07) is 10.9. The Morgan fingerprint density at radius 1 is 1.21 bits per heavy atom. The van der Waals surface area contributed by atoms with Crippen molar-refractivity contribution in [1.29, 1.82) is 0 Å². The molecule has 0 aliphatic heterocycles. The first-order valence-corrected chi connectivity index (χ1v) is 6.30. The summed E-state index contributed by atoms with van der Waals surface area (Å²) in [5.41, 5.74) is 0.859. The molecular formula is C14H11BrFNO2. The van der Waals surface area contributed by atoms with Crippen LogP contribution in [0.1, 0.15) is 10.4 Å². The Labute approximate surface area is 118 Å². The van der Waals surface area contributed by atoms with E-state index in [9.17, 15) is 9.18 Å². The van der Waals surface area contributed by atoms with Crippen molar-refractivity contribution in [3.63, 3.8) is 0 Å². The zero-order chi connectivity index (χ0) is 13.8. The van der Waals surface area contributed by atoms with Gasteiger partial charge in [0.2, 0.25) is 0 Å². The lowest BCUT2D eigenvalue weighted by atomic mass is 10.2. The molecular weight excluding hydrogens is 313 g/mol. The summed E-state index contributed by atoms with van der Waals surface area (Å²) in [6.45, 7) is 0. The molecule has 0 saturated carbocycles. The normalized spacial score (nSPS) is 10.1. The van der Waals surface area contributed by atoms with Gasteiger partial charge in [0.1, 0.15) is 11.6 Å². The van der Waals surface area contributed by atoms with Crippen molar-refractivity contribution in [1.82, 2.24) is 0 Å². The van der Waals surface area contributed by atoms with Gasteiger partial charge >= 0.3 is 0 Å². The summed E-state index contributed by atoms with van der Waals surface area (Å²) in [5.74, 6) is -0.135. The maximum Gasteiger partial charge on any atom is 0.256 e. The smallest absolute Gasteiger partial charge is 0.256 e. The fourth-order valence-electron chi connectivity index (χ4n) is 1.54. The Morgan fingerprint density at radius 3 is 2.53 bits per heavy atom. The number of carbonyl (C=O) groups is 1. The van der Waals surface area contributed by atoms with Crippen LogP contribution in [0, 0.1) is 5.82 Å². The lowest BCUT2D eigenvalue weighted by Gasteiger charge is -2.07. The van der Waals surface area contributed by atoms with E-state index in [4.69, 9.17) is 4.74 Å². The van der Waals surface area contributed by atoms with Crippen molar-refractivity contribution in [3.05, 3.63) is 58.3 Å². The molecule has 0 saturated heterocycles. The number of ether oxygens (including phenoxy) is 1. The number of nitrogens with one attached hydrogen (secondary N) is 1. The van der Waals surface area contributed by atoms with E-state index in [-0.39, 0.29) is 11.5 Å². The molecule has 0 atom stereocenters. The number of amides is 1. The molecule has 0 aromatic heterocycles. The maximum absolute atomic E-state index is 13.1. The van der Waals surface area contributed by atoms with E-state index in [2.05, 4.69) is 21.2 Å². The van der Waals surface area contributed by atoms with Crippen LogP contribution in [0.4, 0.5) is 10.1 Å². The predicted octanol–water partition coefficient (Wildman–Crippen LogP) is 3.85. The average Bonchev–Trinajstić information content (AvgIpc) is 2.42. The van der Waals surface area contributed by atoms with Crippen LogP contribution in [-0.4, -0.2) is 13.0 Å². The Bertz CT molecular complexity index is 599. The monoisotopic (exact) mass is 323 g/mol. The molecule has 2 rings (SSSR count). The Kier molecular flexibility index (Phi) is 4.16. The first-order chi connectivity index (χ1) is 9.10. The third-order valence-corrected chi connectivity index (χ3v) is 3.21. The fourth-order valence-corrected chi connectivity index (χ4v) is 1.97. The highest BCUT2D eigenvalue weighted by Gasteiger charge is 2.11. The van der Waals surface area contributed by atoms with Crippen LogP contribution in [-0.2, 0) is 0 Å². The number of rotatable bonds is 3. The molecule has 19 heavy (non-hydrogen) atoms. The second kappa shape index (κ2) is 5.84. The molecule has 2 aromatic carbocycles. The summed E-state index contributed by atoms with van der Waals surface area (Å²) >= 11 is 3.22. The average molecular weight is 324 g/mol. The molecule has 1 amide bonds. The second-order valence-corrected chi connectivity index (χ2v) is 4.66. The molecule has 0 spiro atoms. The van der Waals surface area contributed by atoms with E-state index < -0.39 is 5.82 Å². The van der Waals surface area contributed by atoms with Crippen LogP contribution >= 0.6 is 15.9 Å². The predicted molar refractivity (Wildman–Crippen MR) is 75.0 cm³/mol. The third kappa shape index (κ3) is 3.32. The number of hydrogen-bond acceptors (Lipinski definition) is 2. The molecule has 0 unspecified atom stereocenters. The van der Waals surface area contributed by atoms with Gasteiger partial charge in [-0.3, -0.25) is 4.79 Å². The molecule has 0 bridgehead atoms. The lowest BCUT2D eigenvalue weighted by molar-refractivity contribution is 0.102. The molecule has 0 radical (unpaired) electrons. The van der Waals surface area contributed by atoms with Gasteiger partial charge in [-0.05, 0) is 58.4 Å². The third-order valence-electron chi connectivity index (χ3n) is 2.52. The fraction of sp³-hybridized carbons (Fsp3) is 0.0714. The van der Waals surface area contributed by atoms with Crippen LogP contribution < -0.4 is 10.1 Å². The summed E-state index contributed by atoms with van der Waals surface area (Å²) in [4.78, 5) is 12.0. The van der Waals surface area contributed by atoms with E-state index in [0.717, 1.165) is 0 Å². The summed E-state index contributed by atoms with van der Waals surface area (Å²) < 4.78 is 18.7. The van der Waals surface area contributed by atoms with Crippen LogP contribution in [0.15, 0.2) is 46.9 Å². The van der Waals surface area contributed by atoms with E-state index >= 15 is 0 Å². The van der Waals surface area contributed by atoms with Gasteiger partial charge in [0, 0.05) is 10.2 Å². The molecule has 0 aliphatic carbocycles. The van der Waals surface area contributed by atoms with Crippen molar-refractivity contribution < 1.29 is 13.9 Å². The van der Waals surface area contributed by atoms with E-state index in [1.54, 1.807) is 31.4 Å². The largest absolute Gasteiger partial charge is 0.497 e. The van der Waals surface area contributed by atoms with Gasteiger partial charge in [-0.1, -0.05) is 0 Å². The molecule has 98 valence electrons. The summed E-state index contributed by atoms with van der Waals surface area (Å²) in [7, 11) is 1.57. The van der Waals surface area contributed by atoms with Crippen molar-refractivity contribution >= 4 is 27.5 Å². The first-order valence-electron chi connectivity index (χ1n) is 5.50. The molecule has 1 N–H and O–H groups in total. The Balaban J connectivity index is 2.18. The summed E-state index contributed by atoms with van der Waals surface area (Å²) in [5, 5.41) is 2.69. The minimum Gasteiger partial charge on any atom is -0.497 e. The number of benzene rings is 2. The molecule has 0 aliphatic rings. The first kappa shape index (κ1) is 13.5. The van der Waals surface area contributed by atoms with Crippen molar-refractivity contribution in [2.75, 3.05) is 12.4 Å². The SMILES string of the molecule is COc1ccc(NC(=O)c2cc(F)ccc2Br)cc1. The number of anilines is 1. The van der Waals surface area contributed by atoms with E-state index in [1.807, 2.05) is 0 Å². The number of halogens is 2. The molecule has 0 fully saturated rings. The van der Waals surface area contributed by atoms with Gasteiger partial charge < -0.3 is 10.1 Å². The molecule has 3 nitrogen and oxygen atoms in total. The standard InChI is InChI=1S/C14H11BrFNO2/c1-19-11-5-3-10(4-6-11)17-14(18)12-8-9(16)2-7-13(12)15/h2-8H,1H3,(H,17,18). The van der Waals surface area contributed by atoms with Gasteiger partial charge in [-0.15, -0.1) is 0 Å². The van der Waals surface area contributed by atoms with Gasteiger partial charge in [0.15, 0.2) is 0 Å². The highest BCUT2D eigenvalue weighted by Crippen LogP contribution is 2.20. The second-order valence-electron chi connectivity index (χ2n) is 3.81. The van der Waals surface area contributed by atoms with Crippen LogP contribution in [0.2, 0.25) is 0 Å². The molecule has 2 aromatic rings. The van der Waals surface area contributed by atoms with E-state index in [0.29, 0.717) is 15.9 Å². The minimum atomic E-state index is -0.455. The highest BCUT2D eigenvalue weighted by molar-refractivity contribution is 9.10. The molecule has 5 heteroatoms. The van der Waals surface area contributed by atoms with Crippen LogP contribution in [0.5, 0.6) is 5.75 Å². The summed E-state index contributed by atoms with van der Waals surface area (Å²) in [6.07, 6.45) is 0. The van der Waals surface area contributed by atoms with E-state index in [1.165, 1.54) is 18.2 Å². The topological polar surface area (TPSA) is 38.3 Å². The Morgan fingerprint density at radius 2 is 1.89 bits per heavy atom. The van der Waals surface area contributed by atoms with Gasteiger partial charge in [-0.2, -0.15) is 0 Å².